The molecule has 0 unspecified atom stereocenters. The van der Waals surface area contributed by atoms with Crippen molar-refractivity contribution in [1.82, 2.24) is 4.57 Å². The molecule has 1 fully saturated rings. The van der Waals surface area contributed by atoms with E-state index >= 15 is 0 Å². The molecule has 0 saturated carbocycles. The van der Waals surface area contributed by atoms with Crippen molar-refractivity contribution < 1.29 is 0 Å². The van der Waals surface area contributed by atoms with E-state index in [9.17, 15) is 0 Å². The van der Waals surface area contributed by atoms with Gasteiger partial charge in [0, 0.05) is 18.9 Å². The molecule has 104 valence electrons. The van der Waals surface area contributed by atoms with Gasteiger partial charge in [0.25, 0.3) is 0 Å². The lowest BCUT2D eigenvalue weighted by molar-refractivity contribution is 0.913. The third-order valence-electron chi connectivity index (χ3n) is 3.56. The monoisotopic (exact) mass is 301 g/mol. The minimum absolute atomic E-state index is 0.0732. The van der Waals surface area contributed by atoms with Gasteiger partial charge in [-0.15, -0.1) is 23.5 Å². The molecule has 1 aromatic carbocycles. The van der Waals surface area contributed by atoms with Gasteiger partial charge in [-0.2, -0.15) is 0 Å². The van der Waals surface area contributed by atoms with E-state index in [1.54, 1.807) is 0 Å². The molecule has 1 nitrogen and oxygen atoms in total. The van der Waals surface area contributed by atoms with Crippen LogP contribution in [0.5, 0.6) is 0 Å². The van der Waals surface area contributed by atoms with Crippen molar-refractivity contribution in [3.8, 4) is 0 Å². The van der Waals surface area contributed by atoms with Crippen LogP contribution in [-0.2, 0) is 11.1 Å². The average molecular weight is 301 g/mol. The van der Waals surface area contributed by atoms with E-state index in [0.29, 0.717) is 0 Å². The quantitative estimate of drug-likeness (QED) is 0.805. The van der Waals surface area contributed by atoms with Crippen LogP contribution in [0.4, 0.5) is 0 Å². The smallest absolute Gasteiger partial charge is 0.105 e. The van der Waals surface area contributed by atoms with E-state index in [1.165, 1.54) is 29.2 Å². The van der Waals surface area contributed by atoms with E-state index in [4.69, 9.17) is 0 Å². The molecule has 3 rings (SSSR count). The SMILES string of the molecule is Cn1cccc1C=CC1(c2ccccc2)SCCCS1. The summed E-state index contributed by atoms with van der Waals surface area (Å²) in [6.45, 7) is 0. The lowest BCUT2D eigenvalue weighted by Crippen LogP contribution is -2.20. The van der Waals surface area contributed by atoms with Crippen LogP contribution in [0.1, 0.15) is 17.7 Å². The molecule has 0 atom stereocenters. The van der Waals surface area contributed by atoms with Gasteiger partial charge >= 0.3 is 0 Å². The summed E-state index contributed by atoms with van der Waals surface area (Å²) in [5.41, 5.74) is 2.66. The van der Waals surface area contributed by atoms with E-state index in [0.717, 1.165) is 0 Å². The van der Waals surface area contributed by atoms with Gasteiger partial charge in [0.1, 0.15) is 4.08 Å². The predicted octanol–water partition coefficient (Wildman–Crippen LogP) is 4.76. The maximum Gasteiger partial charge on any atom is 0.105 e. The Morgan fingerprint density at radius 2 is 1.80 bits per heavy atom. The van der Waals surface area contributed by atoms with Crippen LogP contribution < -0.4 is 0 Å². The molecule has 1 aliphatic heterocycles. The highest BCUT2D eigenvalue weighted by Crippen LogP contribution is 2.51. The summed E-state index contributed by atoms with van der Waals surface area (Å²) in [7, 11) is 2.09. The number of nitrogens with zero attached hydrogens (tertiary/aromatic N) is 1. The highest BCUT2D eigenvalue weighted by Gasteiger charge is 2.32. The van der Waals surface area contributed by atoms with E-state index in [1.807, 2.05) is 0 Å². The van der Waals surface area contributed by atoms with Crippen molar-refractivity contribution in [2.24, 2.45) is 7.05 Å². The second-order valence-corrected chi connectivity index (χ2v) is 7.90. The van der Waals surface area contributed by atoms with Crippen LogP contribution in [0, 0.1) is 0 Å². The standard InChI is InChI=1S/C17H19NS2/c1-18-12-5-9-16(18)10-11-17(19-13-6-14-20-17)15-7-3-2-4-8-15/h2-5,7-12H,6,13-14H2,1H3. The van der Waals surface area contributed by atoms with E-state index in [-0.39, 0.29) is 4.08 Å². The lowest BCUT2D eigenvalue weighted by Gasteiger charge is -2.34. The van der Waals surface area contributed by atoms with Gasteiger partial charge in [-0.25, -0.2) is 0 Å². The number of hydrogen-bond acceptors (Lipinski definition) is 2. The van der Waals surface area contributed by atoms with Crippen LogP contribution in [-0.4, -0.2) is 16.1 Å². The van der Waals surface area contributed by atoms with Crippen LogP contribution in [0.2, 0.25) is 0 Å². The fraction of sp³-hybridized carbons (Fsp3) is 0.294. The van der Waals surface area contributed by atoms with Crippen molar-refractivity contribution in [2.45, 2.75) is 10.5 Å². The molecular weight excluding hydrogens is 282 g/mol. The molecule has 1 aliphatic rings. The molecule has 0 aliphatic carbocycles. The number of aryl methyl sites for hydroxylation is 1. The van der Waals surface area contributed by atoms with Gasteiger partial charge in [-0.3, -0.25) is 0 Å². The Bertz CT molecular complexity index is 580. The average Bonchev–Trinajstić information content (AvgIpc) is 2.92. The second kappa shape index (κ2) is 6.15. The first kappa shape index (κ1) is 13.9. The summed E-state index contributed by atoms with van der Waals surface area (Å²) in [5, 5.41) is 0. The molecule has 0 amide bonds. The van der Waals surface area contributed by atoms with Crippen LogP contribution >= 0.6 is 23.5 Å². The Labute approximate surface area is 129 Å². The summed E-state index contributed by atoms with van der Waals surface area (Å²) in [6, 6.07) is 15.1. The van der Waals surface area contributed by atoms with Crippen molar-refractivity contribution in [3.05, 3.63) is 66.0 Å². The third kappa shape index (κ3) is 2.84. The maximum absolute atomic E-state index is 2.38. The lowest BCUT2D eigenvalue weighted by atomic mass is 10.1. The topological polar surface area (TPSA) is 4.93 Å². The van der Waals surface area contributed by atoms with Crippen LogP contribution in [0.15, 0.2) is 54.7 Å². The second-order valence-electron chi connectivity index (χ2n) is 4.96. The van der Waals surface area contributed by atoms with Gasteiger partial charge in [0.15, 0.2) is 0 Å². The normalized spacial score (nSPS) is 18.4. The predicted molar refractivity (Wildman–Crippen MR) is 92.1 cm³/mol. The van der Waals surface area contributed by atoms with E-state index < -0.39 is 0 Å². The highest BCUT2D eigenvalue weighted by molar-refractivity contribution is 8.18. The summed E-state index contributed by atoms with van der Waals surface area (Å²) < 4.78 is 2.23. The number of aromatic nitrogens is 1. The largest absolute Gasteiger partial charge is 0.351 e. The molecule has 1 saturated heterocycles. The Kier molecular flexibility index (Phi) is 4.27. The first-order chi connectivity index (χ1) is 9.80. The Balaban J connectivity index is 1.94. The first-order valence-corrected chi connectivity index (χ1v) is 8.91. The number of benzene rings is 1. The molecule has 0 spiro atoms. The third-order valence-corrected chi connectivity index (χ3v) is 6.85. The zero-order valence-electron chi connectivity index (χ0n) is 11.7. The molecule has 3 heteroatoms. The summed E-state index contributed by atoms with van der Waals surface area (Å²) in [5.74, 6) is 2.47. The molecule has 0 bridgehead atoms. The Morgan fingerprint density at radius 3 is 2.45 bits per heavy atom. The minimum atomic E-state index is 0.0732. The Hall–Kier alpha value is -1.06. The van der Waals surface area contributed by atoms with Gasteiger partial charge in [0.05, 0.1) is 0 Å². The summed E-state index contributed by atoms with van der Waals surface area (Å²) >= 11 is 4.12. The summed E-state index contributed by atoms with van der Waals surface area (Å²) in [4.78, 5) is 0. The maximum atomic E-state index is 2.38. The van der Waals surface area contributed by atoms with Gasteiger partial charge in [0.2, 0.25) is 0 Å². The number of hydrogen-bond donors (Lipinski definition) is 0. The Morgan fingerprint density at radius 1 is 1.05 bits per heavy atom. The van der Waals surface area contributed by atoms with Gasteiger partial charge in [-0.05, 0) is 41.7 Å². The minimum Gasteiger partial charge on any atom is -0.351 e. The molecule has 20 heavy (non-hydrogen) atoms. The van der Waals surface area contributed by atoms with E-state index in [2.05, 4.69) is 96.0 Å². The molecule has 0 radical (unpaired) electrons. The molecule has 2 aromatic rings. The number of rotatable bonds is 3. The molecular formula is C17H19NS2. The molecule has 1 aromatic heterocycles. The van der Waals surface area contributed by atoms with Crippen molar-refractivity contribution in [1.29, 1.82) is 0 Å². The molecule has 0 N–H and O–H groups in total. The van der Waals surface area contributed by atoms with Crippen LogP contribution in [0.3, 0.4) is 0 Å². The summed E-state index contributed by atoms with van der Waals surface area (Å²) in [6.07, 6.45) is 8.04. The fourth-order valence-corrected chi connectivity index (χ4v) is 5.55. The van der Waals surface area contributed by atoms with Crippen molar-refractivity contribution >= 4 is 29.6 Å². The highest BCUT2D eigenvalue weighted by atomic mass is 32.2. The molecule has 2 heterocycles. The van der Waals surface area contributed by atoms with Crippen molar-refractivity contribution in [3.63, 3.8) is 0 Å². The van der Waals surface area contributed by atoms with Crippen LogP contribution in [0.25, 0.3) is 6.08 Å². The first-order valence-electron chi connectivity index (χ1n) is 6.94. The zero-order valence-corrected chi connectivity index (χ0v) is 13.3. The van der Waals surface area contributed by atoms with Gasteiger partial charge in [-0.1, -0.05) is 36.4 Å². The fourth-order valence-electron chi connectivity index (χ4n) is 2.42. The van der Waals surface area contributed by atoms with Gasteiger partial charge < -0.3 is 4.57 Å². The van der Waals surface area contributed by atoms with Crippen molar-refractivity contribution in [2.75, 3.05) is 11.5 Å². The number of thioether (sulfide) groups is 2. The zero-order chi connectivity index (χ0) is 13.8.